The van der Waals surface area contributed by atoms with Crippen LogP contribution in [0.5, 0.6) is 5.75 Å². The van der Waals surface area contributed by atoms with Crippen molar-refractivity contribution in [2.75, 3.05) is 13.2 Å². The summed E-state index contributed by atoms with van der Waals surface area (Å²) in [5, 5.41) is 2.85. The van der Waals surface area contributed by atoms with Crippen molar-refractivity contribution >= 4 is 18.3 Å². The Bertz CT molecular complexity index is 372. The molecule has 1 aromatic carbocycles. The van der Waals surface area contributed by atoms with Crippen molar-refractivity contribution in [3.8, 4) is 5.75 Å². The minimum atomic E-state index is -0.158. The topological polar surface area (TPSA) is 64.3 Å². The van der Waals surface area contributed by atoms with E-state index in [4.69, 9.17) is 10.5 Å². The van der Waals surface area contributed by atoms with Crippen LogP contribution >= 0.6 is 12.4 Å². The van der Waals surface area contributed by atoms with E-state index in [-0.39, 0.29) is 24.2 Å². The first kappa shape index (κ1) is 16.7. The summed E-state index contributed by atoms with van der Waals surface area (Å²) < 4.78 is 5.48. The van der Waals surface area contributed by atoms with E-state index in [1.807, 2.05) is 38.1 Å². The molecule has 0 bridgehead atoms. The van der Waals surface area contributed by atoms with Crippen molar-refractivity contribution in [3.63, 3.8) is 0 Å². The fourth-order valence-corrected chi connectivity index (χ4v) is 1.41. The number of benzene rings is 1. The quantitative estimate of drug-likeness (QED) is 0.829. The highest BCUT2D eigenvalue weighted by molar-refractivity contribution is 5.85. The molecule has 1 amide bonds. The molecule has 0 saturated carbocycles. The molecule has 0 saturated heterocycles. The monoisotopic (exact) mass is 272 g/mol. The number of nitrogens with one attached hydrogen (secondary N) is 1. The van der Waals surface area contributed by atoms with Crippen LogP contribution in [0.15, 0.2) is 24.3 Å². The highest BCUT2D eigenvalue weighted by Gasteiger charge is 2.11. The predicted octanol–water partition coefficient (Wildman–Crippen LogP) is 1.72. The summed E-state index contributed by atoms with van der Waals surface area (Å²) in [6.07, 6.45) is 0. The number of amides is 1. The Morgan fingerprint density at radius 1 is 1.44 bits per heavy atom. The first-order valence-corrected chi connectivity index (χ1v) is 5.87. The second kappa shape index (κ2) is 8.78. The lowest BCUT2D eigenvalue weighted by atomic mass is 10.1. The molecule has 0 fully saturated rings. The van der Waals surface area contributed by atoms with Gasteiger partial charge in [-0.15, -0.1) is 12.4 Å². The number of para-hydroxylation sites is 1. The number of rotatable bonds is 6. The van der Waals surface area contributed by atoms with Crippen molar-refractivity contribution in [1.29, 1.82) is 0 Å². The van der Waals surface area contributed by atoms with Crippen molar-refractivity contribution in [2.45, 2.75) is 20.4 Å². The van der Waals surface area contributed by atoms with E-state index >= 15 is 0 Å². The zero-order valence-electron chi connectivity index (χ0n) is 10.8. The Balaban J connectivity index is 0.00000289. The molecular formula is C13H21ClN2O2. The lowest BCUT2D eigenvalue weighted by molar-refractivity contribution is -0.124. The molecule has 0 spiro atoms. The summed E-state index contributed by atoms with van der Waals surface area (Å²) >= 11 is 0. The van der Waals surface area contributed by atoms with Crippen LogP contribution in [0, 0.1) is 5.92 Å². The van der Waals surface area contributed by atoms with Crippen molar-refractivity contribution in [2.24, 2.45) is 11.7 Å². The summed E-state index contributed by atoms with van der Waals surface area (Å²) in [5.74, 6) is 0.628. The van der Waals surface area contributed by atoms with Gasteiger partial charge in [0.2, 0.25) is 5.91 Å². The molecule has 1 unspecified atom stereocenters. The number of hydrogen-bond donors (Lipinski definition) is 2. The van der Waals surface area contributed by atoms with E-state index in [1.54, 1.807) is 0 Å². The van der Waals surface area contributed by atoms with E-state index in [9.17, 15) is 4.79 Å². The van der Waals surface area contributed by atoms with Gasteiger partial charge in [-0.2, -0.15) is 0 Å². The van der Waals surface area contributed by atoms with Crippen molar-refractivity contribution in [3.05, 3.63) is 29.8 Å². The Morgan fingerprint density at radius 3 is 2.72 bits per heavy atom. The summed E-state index contributed by atoms with van der Waals surface area (Å²) in [7, 11) is 0. The lowest BCUT2D eigenvalue weighted by Crippen LogP contribution is -2.32. The summed E-state index contributed by atoms with van der Waals surface area (Å²) in [6.45, 7) is 5.19. The molecule has 102 valence electrons. The van der Waals surface area contributed by atoms with Crippen molar-refractivity contribution in [1.82, 2.24) is 5.32 Å². The number of carbonyl (C=O) groups is 1. The highest BCUT2D eigenvalue weighted by atomic mass is 35.5. The van der Waals surface area contributed by atoms with E-state index in [0.717, 1.165) is 11.3 Å². The first-order chi connectivity index (χ1) is 8.19. The van der Waals surface area contributed by atoms with Gasteiger partial charge in [0, 0.05) is 24.6 Å². The molecule has 3 N–H and O–H groups in total. The molecule has 0 aliphatic rings. The smallest absolute Gasteiger partial charge is 0.224 e. The summed E-state index contributed by atoms with van der Waals surface area (Å²) in [5.41, 5.74) is 6.41. The molecule has 1 atom stereocenters. The van der Waals surface area contributed by atoms with E-state index in [0.29, 0.717) is 19.7 Å². The number of nitrogens with two attached hydrogens (primary N) is 1. The molecule has 5 heteroatoms. The van der Waals surface area contributed by atoms with Crippen LogP contribution in [0.4, 0.5) is 0 Å². The standard InChI is InChI=1S/C13H20N2O2.ClH/c1-3-17-12-7-5-4-6-11(12)9-15-13(16)10(2)8-14;/h4-7,10H,3,8-9,14H2,1-2H3,(H,15,16);1H. The molecule has 4 nitrogen and oxygen atoms in total. The molecular weight excluding hydrogens is 252 g/mol. The minimum absolute atomic E-state index is 0. The predicted molar refractivity (Wildman–Crippen MR) is 74.9 cm³/mol. The maximum atomic E-state index is 11.6. The number of hydrogen-bond acceptors (Lipinski definition) is 3. The maximum absolute atomic E-state index is 11.6. The van der Waals surface area contributed by atoms with Gasteiger partial charge >= 0.3 is 0 Å². The van der Waals surface area contributed by atoms with Crippen LogP contribution < -0.4 is 15.8 Å². The van der Waals surface area contributed by atoms with Gasteiger partial charge in [-0.25, -0.2) is 0 Å². The SMILES string of the molecule is CCOc1ccccc1CNC(=O)C(C)CN.Cl. The van der Waals surface area contributed by atoms with Crippen LogP contribution in [0.2, 0.25) is 0 Å². The second-order valence-electron chi connectivity index (χ2n) is 3.90. The molecule has 0 aromatic heterocycles. The largest absolute Gasteiger partial charge is 0.494 e. The number of halogens is 1. The van der Waals surface area contributed by atoms with Crippen LogP contribution in [0.3, 0.4) is 0 Å². The fourth-order valence-electron chi connectivity index (χ4n) is 1.41. The van der Waals surface area contributed by atoms with Gasteiger partial charge in [-0.1, -0.05) is 25.1 Å². The third kappa shape index (κ3) is 4.94. The Kier molecular flexibility index (Phi) is 8.16. The van der Waals surface area contributed by atoms with E-state index in [2.05, 4.69) is 5.32 Å². The fraction of sp³-hybridized carbons (Fsp3) is 0.462. The van der Waals surface area contributed by atoms with Crippen LogP contribution in [0.25, 0.3) is 0 Å². The second-order valence-corrected chi connectivity index (χ2v) is 3.90. The maximum Gasteiger partial charge on any atom is 0.224 e. The molecule has 18 heavy (non-hydrogen) atoms. The molecule has 1 aromatic rings. The van der Waals surface area contributed by atoms with Gasteiger partial charge in [-0.05, 0) is 13.0 Å². The minimum Gasteiger partial charge on any atom is -0.494 e. The lowest BCUT2D eigenvalue weighted by Gasteiger charge is -2.13. The van der Waals surface area contributed by atoms with Gasteiger partial charge in [0.1, 0.15) is 5.75 Å². The Morgan fingerprint density at radius 2 is 2.11 bits per heavy atom. The zero-order chi connectivity index (χ0) is 12.7. The zero-order valence-corrected chi connectivity index (χ0v) is 11.6. The van der Waals surface area contributed by atoms with Crippen LogP contribution in [-0.2, 0) is 11.3 Å². The van der Waals surface area contributed by atoms with Gasteiger partial charge in [-0.3, -0.25) is 4.79 Å². The summed E-state index contributed by atoms with van der Waals surface area (Å²) in [6, 6.07) is 7.69. The van der Waals surface area contributed by atoms with Gasteiger partial charge in [0.15, 0.2) is 0 Å². The molecule has 1 rings (SSSR count). The normalized spacial score (nSPS) is 11.3. The van der Waals surface area contributed by atoms with Crippen molar-refractivity contribution < 1.29 is 9.53 Å². The van der Waals surface area contributed by atoms with Gasteiger partial charge in [0.05, 0.1) is 6.61 Å². The van der Waals surface area contributed by atoms with Crippen LogP contribution in [0.1, 0.15) is 19.4 Å². The Hall–Kier alpha value is -1.26. The molecule has 0 radical (unpaired) electrons. The molecule has 0 heterocycles. The molecule has 0 aliphatic heterocycles. The molecule has 0 aliphatic carbocycles. The summed E-state index contributed by atoms with van der Waals surface area (Å²) in [4.78, 5) is 11.6. The highest BCUT2D eigenvalue weighted by Crippen LogP contribution is 2.17. The first-order valence-electron chi connectivity index (χ1n) is 5.87. The number of carbonyl (C=O) groups excluding carboxylic acids is 1. The van der Waals surface area contributed by atoms with Gasteiger partial charge in [0.25, 0.3) is 0 Å². The van der Waals surface area contributed by atoms with E-state index < -0.39 is 0 Å². The average Bonchev–Trinajstić information content (AvgIpc) is 2.36. The van der Waals surface area contributed by atoms with Crippen LogP contribution in [-0.4, -0.2) is 19.1 Å². The third-order valence-electron chi connectivity index (χ3n) is 2.53. The Labute approximate surface area is 114 Å². The van der Waals surface area contributed by atoms with E-state index in [1.165, 1.54) is 0 Å². The number of ether oxygens (including phenoxy) is 1. The van der Waals surface area contributed by atoms with Gasteiger partial charge < -0.3 is 15.8 Å². The average molecular weight is 273 g/mol. The third-order valence-corrected chi connectivity index (χ3v) is 2.53.